The molecule has 0 aliphatic rings. The maximum atomic E-state index is 11.5. The molecule has 2 N–H and O–H groups in total. The predicted molar refractivity (Wildman–Crippen MR) is 88.9 cm³/mol. The Bertz CT molecular complexity index is 515. The highest BCUT2D eigenvalue weighted by Crippen LogP contribution is 2.14. The Hall–Kier alpha value is -1.96. The third-order valence-electron chi connectivity index (χ3n) is 3.10. The highest BCUT2D eigenvalue weighted by molar-refractivity contribution is 5.76. The molecule has 0 saturated heterocycles. The monoisotopic (exact) mass is 338 g/mol. The lowest BCUT2D eigenvalue weighted by Crippen LogP contribution is -2.54. The normalized spacial score (nSPS) is 14.0. The average molecular weight is 338 g/mol. The summed E-state index contributed by atoms with van der Waals surface area (Å²) >= 11 is 0. The van der Waals surface area contributed by atoms with Crippen molar-refractivity contribution in [1.82, 2.24) is 10.4 Å². The van der Waals surface area contributed by atoms with E-state index in [0.29, 0.717) is 13.0 Å². The Morgan fingerprint density at radius 1 is 1.33 bits per heavy atom. The van der Waals surface area contributed by atoms with E-state index in [-0.39, 0.29) is 6.73 Å². The van der Waals surface area contributed by atoms with E-state index in [1.54, 1.807) is 27.7 Å². The smallest absolute Gasteiger partial charge is 0.330 e. The van der Waals surface area contributed by atoms with Crippen LogP contribution in [0.15, 0.2) is 30.3 Å². The molecule has 134 valence electrons. The third-order valence-corrected chi connectivity index (χ3v) is 3.10. The van der Waals surface area contributed by atoms with Crippen LogP contribution in [0.2, 0.25) is 0 Å². The number of hydrogen-bond acceptors (Lipinski definition) is 5. The van der Waals surface area contributed by atoms with E-state index in [9.17, 15) is 14.7 Å². The molecule has 0 spiro atoms. The number of carboxylic acids is 1. The summed E-state index contributed by atoms with van der Waals surface area (Å²) < 4.78 is 5.48. The first kappa shape index (κ1) is 20.1. The summed E-state index contributed by atoms with van der Waals surface area (Å²) in [7, 11) is 0. The molecule has 7 nitrogen and oxygen atoms in total. The van der Waals surface area contributed by atoms with Gasteiger partial charge in [0.1, 0.15) is 0 Å². The number of rotatable bonds is 10. The summed E-state index contributed by atoms with van der Waals surface area (Å²) in [5, 5.41) is 13.2. The minimum absolute atomic E-state index is 0.155. The molecule has 1 aromatic carbocycles. The van der Waals surface area contributed by atoms with Gasteiger partial charge in [-0.05, 0) is 33.3 Å². The van der Waals surface area contributed by atoms with Crippen molar-refractivity contribution in [2.75, 3.05) is 6.73 Å². The van der Waals surface area contributed by atoms with E-state index in [0.717, 1.165) is 10.6 Å². The standard InChI is InChI=1S/C17H26N2O5/c1-13(18-11-23-10-14-8-6-5-7-9-14)15(16(21)22)19(12-20)24-17(2,3)4/h5-9,12-13,15,18H,10-11H2,1-4H3,(H,21,22)/t13-,15-/m0/s1. The summed E-state index contributed by atoms with van der Waals surface area (Å²) in [4.78, 5) is 28.2. The lowest BCUT2D eigenvalue weighted by atomic mass is 10.1. The highest BCUT2D eigenvalue weighted by Gasteiger charge is 2.33. The minimum atomic E-state index is -1.16. The highest BCUT2D eigenvalue weighted by atomic mass is 16.7. The number of amides is 1. The van der Waals surface area contributed by atoms with Gasteiger partial charge in [0.15, 0.2) is 6.04 Å². The fourth-order valence-electron chi connectivity index (χ4n) is 2.05. The van der Waals surface area contributed by atoms with Gasteiger partial charge in [-0.25, -0.2) is 9.86 Å². The molecule has 1 rings (SSSR count). The molecule has 0 fully saturated rings. The van der Waals surface area contributed by atoms with Gasteiger partial charge in [0, 0.05) is 6.04 Å². The molecule has 1 amide bonds. The predicted octanol–water partition coefficient (Wildman–Crippen LogP) is 1.78. The molecule has 0 saturated carbocycles. The van der Waals surface area contributed by atoms with E-state index in [1.165, 1.54) is 0 Å². The fraction of sp³-hybridized carbons (Fsp3) is 0.529. The lowest BCUT2D eigenvalue weighted by molar-refractivity contribution is -0.237. The number of aliphatic carboxylic acids is 1. The van der Waals surface area contributed by atoms with E-state index in [1.807, 2.05) is 30.3 Å². The Labute approximate surface area is 142 Å². The summed E-state index contributed by atoms with van der Waals surface area (Å²) in [5.41, 5.74) is 0.338. The minimum Gasteiger partial charge on any atom is -0.480 e. The van der Waals surface area contributed by atoms with Crippen molar-refractivity contribution in [2.24, 2.45) is 0 Å². The van der Waals surface area contributed by atoms with Gasteiger partial charge >= 0.3 is 5.97 Å². The zero-order chi connectivity index (χ0) is 18.2. The molecule has 7 heteroatoms. The molecule has 1 aromatic rings. The maximum Gasteiger partial charge on any atom is 0.330 e. The van der Waals surface area contributed by atoms with Gasteiger partial charge in [0.05, 0.1) is 18.9 Å². The third kappa shape index (κ3) is 7.08. The van der Waals surface area contributed by atoms with Gasteiger partial charge in [-0.15, -0.1) is 0 Å². The Balaban J connectivity index is 2.54. The molecule has 24 heavy (non-hydrogen) atoms. The zero-order valence-electron chi connectivity index (χ0n) is 14.6. The quantitative estimate of drug-likeness (QED) is 0.293. The van der Waals surface area contributed by atoms with Crippen molar-refractivity contribution in [3.8, 4) is 0 Å². The van der Waals surface area contributed by atoms with Crippen molar-refractivity contribution in [1.29, 1.82) is 0 Å². The van der Waals surface area contributed by atoms with Crippen LogP contribution in [0.3, 0.4) is 0 Å². The van der Waals surface area contributed by atoms with Crippen LogP contribution >= 0.6 is 0 Å². The summed E-state index contributed by atoms with van der Waals surface area (Å²) in [6, 6.07) is 7.91. The Morgan fingerprint density at radius 3 is 2.46 bits per heavy atom. The summed E-state index contributed by atoms with van der Waals surface area (Å²) in [6.45, 7) is 7.44. The number of carbonyl (C=O) groups is 2. The van der Waals surface area contributed by atoms with Crippen LogP contribution in [-0.4, -0.2) is 47.0 Å². The van der Waals surface area contributed by atoms with Gasteiger partial charge in [-0.2, -0.15) is 0 Å². The molecule has 0 aliphatic heterocycles. The van der Waals surface area contributed by atoms with Crippen LogP contribution in [0.5, 0.6) is 0 Å². The van der Waals surface area contributed by atoms with Crippen LogP contribution < -0.4 is 5.32 Å². The van der Waals surface area contributed by atoms with Crippen LogP contribution in [0.1, 0.15) is 33.3 Å². The summed E-state index contributed by atoms with van der Waals surface area (Å²) in [6.07, 6.45) is 0.382. The topological polar surface area (TPSA) is 88.1 Å². The Kier molecular flexibility index (Phi) is 7.84. The number of hydroxylamine groups is 2. The van der Waals surface area contributed by atoms with Gasteiger partial charge < -0.3 is 9.84 Å². The van der Waals surface area contributed by atoms with Gasteiger partial charge in [0.2, 0.25) is 6.41 Å². The number of carbonyl (C=O) groups excluding carboxylic acids is 1. The number of carboxylic acid groups (broad SMARTS) is 1. The molecule has 0 aliphatic carbocycles. The van der Waals surface area contributed by atoms with Gasteiger partial charge in [-0.1, -0.05) is 30.3 Å². The molecular formula is C17H26N2O5. The van der Waals surface area contributed by atoms with E-state index >= 15 is 0 Å². The number of ether oxygens (including phenoxy) is 1. The van der Waals surface area contributed by atoms with Crippen LogP contribution in [0.25, 0.3) is 0 Å². The van der Waals surface area contributed by atoms with E-state index in [2.05, 4.69) is 5.32 Å². The van der Waals surface area contributed by atoms with Gasteiger partial charge in [0.25, 0.3) is 0 Å². The number of hydrogen-bond donors (Lipinski definition) is 2. The first-order valence-corrected chi connectivity index (χ1v) is 7.75. The van der Waals surface area contributed by atoms with Gasteiger partial charge in [-0.3, -0.25) is 14.9 Å². The van der Waals surface area contributed by atoms with E-state index in [4.69, 9.17) is 9.57 Å². The molecule has 0 unspecified atom stereocenters. The van der Waals surface area contributed by atoms with Crippen molar-refractivity contribution in [3.05, 3.63) is 35.9 Å². The largest absolute Gasteiger partial charge is 0.480 e. The zero-order valence-corrected chi connectivity index (χ0v) is 14.6. The van der Waals surface area contributed by atoms with Crippen molar-refractivity contribution < 1.29 is 24.3 Å². The van der Waals surface area contributed by atoms with Crippen LogP contribution in [-0.2, 0) is 25.8 Å². The second-order valence-electron chi connectivity index (χ2n) is 6.42. The second-order valence-corrected chi connectivity index (χ2v) is 6.42. The molecule has 0 bridgehead atoms. The lowest BCUT2D eigenvalue weighted by Gasteiger charge is -2.33. The Morgan fingerprint density at radius 2 is 1.96 bits per heavy atom. The molecular weight excluding hydrogens is 312 g/mol. The number of benzene rings is 1. The molecule has 0 radical (unpaired) electrons. The van der Waals surface area contributed by atoms with Crippen LogP contribution in [0.4, 0.5) is 0 Å². The number of nitrogens with zero attached hydrogens (tertiary/aromatic N) is 1. The first-order chi connectivity index (χ1) is 11.2. The summed E-state index contributed by atoms with van der Waals surface area (Å²) in [5.74, 6) is -1.16. The second kappa shape index (κ2) is 9.36. The molecule has 0 heterocycles. The average Bonchev–Trinajstić information content (AvgIpc) is 2.50. The van der Waals surface area contributed by atoms with Crippen LogP contribution in [0, 0.1) is 0 Å². The molecule has 2 atom stereocenters. The number of nitrogens with one attached hydrogen (secondary N) is 1. The van der Waals surface area contributed by atoms with Crippen molar-refractivity contribution in [3.63, 3.8) is 0 Å². The first-order valence-electron chi connectivity index (χ1n) is 7.75. The van der Waals surface area contributed by atoms with Crippen molar-refractivity contribution in [2.45, 2.75) is 52.0 Å². The van der Waals surface area contributed by atoms with Crippen molar-refractivity contribution >= 4 is 12.4 Å². The molecule has 0 aromatic heterocycles. The fourth-order valence-corrected chi connectivity index (χ4v) is 2.05. The SMILES string of the molecule is C[C@H](NCOCc1ccccc1)[C@@H](C(=O)O)N(C=O)OC(C)(C)C. The van der Waals surface area contributed by atoms with E-state index < -0.39 is 23.7 Å². The maximum absolute atomic E-state index is 11.5.